The second-order valence-electron chi connectivity index (χ2n) is 7.23. The average Bonchev–Trinajstić information content (AvgIpc) is 3.07. The van der Waals surface area contributed by atoms with Gasteiger partial charge in [0.25, 0.3) is 11.8 Å². The van der Waals surface area contributed by atoms with Gasteiger partial charge >= 0.3 is 0 Å². The Morgan fingerprint density at radius 3 is 2.43 bits per heavy atom. The van der Waals surface area contributed by atoms with Crippen LogP contribution in [0.3, 0.4) is 0 Å². The van der Waals surface area contributed by atoms with E-state index in [9.17, 15) is 9.59 Å². The first kappa shape index (κ1) is 20.6. The standard InChI is InChI=1S/C20H25BrN4O3/c1-11(2)17-16(21)18(23-22-17)20(27)25-24-19(26)12(3)28-15-9-8-13-6-4-5-7-14(13)10-15/h4-12,16-18,22-23H,1-3H3,(H,24,26)(H,25,27). The molecule has 1 heterocycles. The van der Waals surface area contributed by atoms with Crippen molar-refractivity contribution in [1.29, 1.82) is 0 Å². The number of hydrogen-bond acceptors (Lipinski definition) is 5. The molecule has 1 aliphatic rings. The predicted molar refractivity (Wildman–Crippen MR) is 112 cm³/mol. The molecule has 0 radical (unpaired) electrons. The zero-order chi connectivity index (χ0) is 20.3. The van der Waals surface area contributed by atoms with E-state index in [1.165, 1.54) is 0 Å². The number of amides is 2. The fourth-order valence-corrected chi connectivity index (χ4v) is 4.21. The maximum atomic E-state index is 12.4. The highest BCUT2D eigenvalue weighted by atomic mass is 79.9. The van der Waals surface area contributed by atoms with Crippen LogP contribution >= 0.6 is 15.9 Å². The second kappa shape index (κ2) is 8.89. The summed E-state index contributed by atoms with van der Waals surface area (Å²) in [5.41, 5.74) is 10.9. The van der Waals surface area contributed by atoms with Gasteiger partial charge in [0.1, 0.15) is 11.8 Å². The summed E-state index contributed by atoms with van der Waals surface area (Å²) >= 11 is 3.55. The number of carbonyl (C=O) groups excluding carboxylic acids is 2. The SMILES string of the molecule is CC(Oc1ccc2ccccc2c1)C(=O)NNC(=O)C1NNC(C(C)C)C1Br. The highest BCUT2D eigenvalue weighted by Gasteiger charge is 2.39. The lowest BCUT2D eigenvalue weighted by molar-refractivity contribution is -0.133. The van der Waals surface area contributed by atoms with Crippen molar-refractivity contribution in [3.8, 4) is 5.75 Å². The maximum absolute atomic E-state index is 12.4. The number of nitrogens with one attached hydrogen (secondary N) is 4. The number of hydrogen-bond donors (Lipinski definition) is 4. The second-order valence-corrected chi connectivity index (χ2v) is 8.29. The molecule has 1 aliphatic heterocycles. The summed E-state index contributed by atoms with van der Waals surface area (Å²) in [4.78, 5) is 24.6. The number of ether oxygens (including phenoxy) is 1. The van der Waals surface area contributed by atoms with Gasteiger partial charge in [-0.15, -0.1) is 0 Å². The molecule has 150 valence electrons. The van der Waals surface area contributed by atoms with E-state index in [1.54, 1.807) is 6.92 Å². The van der Waals surface area contributed by atoms with Crippen molar-refractivity contribution in [2.75, 3.05) is 0 Å². The number of benzene rings is 2. The summed E-state index contributed by atoms with van der Waals surface area (Å²) < 4.78 is 5.71. The molecule has 8 heteroatoms. The Morgan fingerprint density at radius 2 is 1.75 bits per heavy atom. The molecule has 0 aliphatic carbocycles. The van der Waals surface area contributed by atoms with Crippen molar-refractivity contribution < 1.29 is 14.3 Å². The molecule has 28 heavy (non-hydrogen) atoms. The number of carbonyl (C=O) groups is 2. The molecule has 1 fully saturated rings. The molecule has 0 bridgehead atoms. The fourth-order valence-electron chi connectivity index (χ4n) is 3.10. The van der Waals surface area contributed by atoms with Gasteiger partial charge in [0.15, 0.2) is 6.10 Å². The van der Waals surface area contributed by atoms with Crippen LogP contribution in [-0.2, 0) is 9.59 Å². The first-order valence-corrected chi connectivity index (χ1v) is 10.2. The molecular weight excluding hydrogens is 424 g/mol. The zero-order valence-corrected chi connectivity index (χ0v) is 17.6. The minimum atomic E-state index is -0.765. The van der Waals surface area contributed by atoms with Crippen LogP contribution in [0, 0.1) is 5.92 Å². The van der Waals surface area contributed by atoms with E-state index in [1.807, 2.05) is 42.5 Å². The van der Waals surface area contributed by atoms with Gasteiger partial charge in [-0.2, -0.15) is 0 Å². The highest BCUT2D eigenvalue weighted by Crippen LogP contribution is 2.22. The lowest BCUT2D eigenvalue weighted by Crippen LogP contribution is -2.54. The van der Waals surface area contributed by atoms with Gasteiger partial charge in [0, 0.05) is 6.04 Å². The van der Waals surface area contributed by atoms with Crippen molar-refractivity contribution >= 4 is 38.5 Å². The quantitative estimate of drug-likeness (QED) is 0.414. The van der Waals surface area contributed by atoms with Crippen molar-refractivity contribution in [3.63, 3.8) is 0 Å². The smallest absolute Gasteiger partial charge is 0.279 e. The average molecular weight is 449 g/mol. The molecule has 0 aromatic heterocycles. The molecule has 2 aromatic rings. The van der Waals surface area contributed by atoms with Crippen LogP contribution < -0.4 is 26.4 Å². The van der Waals surface area contributed by atoms with E-state index in [0.29, 0.717) is 11.7 Å². The third-order valence-corrected chi connectivity index (χ3v) is 5.88. The summed E-state index contributed by atoms with van der Waals surface area (Å²) in [7, 11) is 0. The van der Waals surface area contributed by atoms with Crippen molar-refractivity contribution in [3.05, 3.63) is 42.5 Å². The number of halogens is 1. The minimum Gasteiger partial charge on any atom is -0.481 e. The van der Waals surface area contributed by atoms with E-state index in [4.69, 9.17) is 4.74 Å². The van der Waals surface area contributed by atoms with E-state index in [2.05, 4.69) is 51.5 Å². The highest BCUT2D eigenvalue weighted by molar-refractivity contribution is 9.09. The van der Waals surface area contributed by atoms with Gasteiger partial charge in [-0.1, -0.05) is 60.1 Å². The summed E-state index contributed by atoms with van der Waals surface area (Å²) in [5, 5.41) is 2.13. The molecule has 4 N–H and O–H groups in total. The fraction of sp³-hybridized carbons (Fsp3) is 0.400. The summed E-state index contributed by atoms with van der Waals surface area (Å²) in [5.74, 6) is 0.178. The molecule has 0 spiro atoms. The van der Waals surface area contributed by atoms with E-state index in [-0.39, 0.29) is 16.8 Å². The van der Waals surface area contributed by atoms with Gasteiger partial charge < -0.3 is 4.74 Å². The van der Waals surface area contributed by atoms with E-state index >= 15 is 0 Å². The van der Waals surface area contributed by atoms with Gasteiger partial charge in [-0.05, 0) is 35.7 Å². The number of fused-ring (bicyclic) bond motifs is 1. The van der Waals surface area contributed by atoms with Gasteiger partial charge in [-0.3, -0.25) is 25.9 Å². The molecule has 4 atom stereocenters. The largest absolute Gasteiger partial charge is 0.481 e. The van der Waals surface area contributed by atoms with Crippen LogP contribution in [0.25, 0.3) is 10.8 Å². The van der Waals surface area contributed by atoms with Crippen LogP contribution in [0.4, 0.5) is 0 Å². The first-order valence-electron chi connectivity index (χ1n) is 9.27. The van der Waals surface area contributed by atoms with Crippen molar-refractivity contribution in [1.82, 2.24) is 21.7 Å². The summed E-state index contributed by atoms with van der Waals surface area (Å²) in [6, 6.07) is 13.2. The Labute approximate surface area is 172 Å². The molecule has 7 nitrogen and oxygen atoms in total. The van der Waals surface area contributed by atoms with Gasteiger partial charge in [0.05, 0.1) is 4.83 Å². The number of alkyl halides is 1. The van der Waals surface area contributed by atoms with Crippen LogP contribution in [0.2, 0.25) is 0 Å². The van der Waals surface area contributed by atoms with Crippen molar-refractivity contribution in [2.45, 2.75) is 43.8 Å². The molecular formula is C20H25BrN4O3. The lowest BCUT2D eigenvalue weighted by atomic mass is 9.99. The zero-order valence-electron chi connectivity index (χ0n) is 16.0. The third kappa shape index (κ3) is 4.63. The summed E-state index contributed by atoms with van der Waals surface area (Å²) in [6.45, 7) is 5.77. The Kier molecular flexibility index (Phi) is 6.53. The topological polar surface area (TPSA) is 91.5 Å². The normalized spacial score (nSPS) is 22.8. The van der Waals surface area contributed by atoms with Crippen LogP contribution in [0.15, 0.2) is 42.5 Å². The Morgan fingerprint density at radius 1 is 1.04 bits per heavy atom. The monoisotopic (exact) mass is 448 g/mol. The Bertz CT molecular complexity index is 860. The molecule has 0 saturated carbocycles. The molecule has 3 rings (SSSR count). The molecule has 4 unspecified atom stereocenters. The van der Waals surface area contributed by atoms with Gasteiger partial charge in [0.2, 0.25) is 0 Å². The Hall–Kier alpha value is -2.16. The maximum Gasteiger partial charge on any atom is 0.279 e. The predicted octanol–water partition coefficient (Wildman–Crippen LogP) is 2.02. The lowest BCUT2D eigenvalue weighted by Gasteiger charge is -2.20. The number of rotatable bonds is 5. The molecule has 1 saturated heterocycles. The van der Waals surface area contributed by atoms with Crippen LogP contribution in [0.5, 0.6) is 5.75 Å². The molecule has 2 aromatic carbocycles. The number of hydrazine groups is 2. The van der Waals surface area contributed by atoms with Crippen molar-refractivity contribution in [2.24, 2.45) is 5.92 Å². The van der Waals surface area contributed by atoms with Crippen LogP contribution in [-0.4, -0.2) is 34.8 Å². The van der Waals surface area contributed by atoms with E-state index in [0.717, 1.165) is 10.8 Å². The third-order valence-electron chi connectivity index (χ3n) is 4.78. The molecule has 2 amide bonds. The first-order chi connectivity index (χ1) is 13.4. The van der Waals surface area contributed by atoms with Crippen LogP contribution in [0.1, 0.15) is 20.8 Å². The Balaban J connectivity index is 1.52. The minimum absolute atomic E-state index is 0.0873. The summed E-state index contributed by atoms with van der Waals surface area (Å²) in [6.07, 6.45) is -0.765. The van der Waals surface area contributed by atoms with Gasteiger partial charge in [-0.25, -0.2) is 5.43 Å². The van der Waals surface area contributed by atoms with E-state index < -0.39 is 18.1 Å².